The molecule has 0 radical (unpaired) electrons. The first kappa shape index (κ1) is 13.6. The summed E-state index contributed by atoms with van der Waals surface area (Å²) >= 11 is 0. The van der Waals surface area contributed by atoms with E-state index in [0.717, 1.165) is 38.2 Å². The number of aromatic nitrogens is 2. The molecular weight excluding hydrogens is 226 g/mol. The van der Waals surface area contributed by atoms with Gasteiger partial charge in [-0.15, -0.1) is 0 Å². The van der Waals surface area contributed by atoms with E-state index >= 15 is 0 Å². The second-order valence-corrected chi connectivity index (χ2v) is 6.43. The van der Waals surface area contributed by atoms with E-state index in [-0.39, 0.29) is 11.5 Å². The molecule has 102 valence electrons. The van der Waals surface area contributed by atoms with Gasteiger partial charge in [0.1, 0.15) is 0 Å². The SMILES string of the molecule is Cc1nn(C)cc1CN1CCC(O)CC(C)(C)C1. The summed E-state index contributed by atoms with van der Waals surface area (Å²) in [7, 11) is 1.96. The smallest absolute Gasteiger partial charge is 0.0638 e. The number of aryl methyl sites for hydroxylation is 2. The normalized spacial score (nSPS) is 25.1. The maximum atomic E-state index is 9.92. The highest BCUT2D eigenvalue weighted by Gasteiger charge is 2.29. The maximum Gasteiger partial charge on any atom is 0.0638 e. The minimum atomic E-state index is -0.153. The third-order valence-corrected chi connectivity index (χ3v) is 3.73. The fourth-order valence-electron chi connectivity index (χ4n) is 3.00. The van der Waals surface area contributed by atoms with Crippen LogP contribution in [0.15, 0.2) is 6.20 Å². The predicted molar refractivity (Wildman–Crippen MR) is 72.2 cm³/mol. The van der Waals surface area contributed by atoms with Gasteiger partial charge in [-0.2, -0.15) is 5.10 Å². The first-order chi connectivity index (χ1) is 8.35. The van der Waals surface area contributed by atoms with Crippen molar-refractivity contribution in [3.63, 3.8) is 0 Å². The summed E-state index contributed by atoms with van der Waals surface area (Å²) in [6.45, 7) is 9.50. The second-order valence-electron chi connectivity index (χ2n) is 6.43. The Labute approximate surface area is 110 Å². The van der Waals surface area contributed by atoms with Gasteiger partial charge in [-0.25, -0.2) is 0 Å². The Morgan fingerprint density at radius 2 is 2.22 bits per heavy atom. The van der Waals surface area contributed by atoms with Crippen molar-refractivity contribution in [2.24, 2.45) is 12.5 Å². The average molecular weight is 251 g/mol. The zero-order valence-corrected chi connectivity index (χ0v) is 12.0. The Morgan fingerprint density at radius 1 is 1.50 bits per heavy atom. The summed E-state index contributed by atoms with van der Waals surface area (Å²) in [5.41, 5.74) is 2.59. The Balaban J connectivity index is 2.06. The summed E-state index contributed by atoms with van der Waals surface area (Å²) in [5, 5.41) is 14.3. The average Bonchev–Trinajstić information content (AvgIpc) is 2.44. The predicted octanol–water partition coefficient (Wildman–Crippen LogP) is 1.71. The van der Waals surface area contributed by atoms with Crippen molar-refractivity contribution in [2.45, 2.75) is 46.3 Å². The molecule has 1 aromatic rings. The molecule has 0 bridgehead atoms. The lowest BCUT2D eigenvalue weighted by molar-refractivity contribution is 0.121. The number of nitrogens with zero attached hydrogens (tertiary/aromatic N) is 3. The van der Waals surface area contributed by atoms with Crippen molar-refractivity contribution in [3.8, 4) is 0 Å². The van der Waals surface area contributed by atoms with Gasteiger partial charge in [-0.05, 0) is 25.2 Å². The van der Waals surface area contributed by atoms with E-state index < -0.39 is 0 Å². The molecule has 1 aromatic heterocycles. The third-order valence-electron chi connectivity index (χ3n) is 3.73. The molecule has 1 saturated heterocycles. The van der Waals surface area contributed by atoms with E-state index in [2.05, 4.69) is 37.0 Å². The van der Waals surface area contributed by atoms with Crippen LogP contribution in [0.1, 0.15) is 37.9 Å². The maximum absolute atomic E-state index is 9.92. The van der Waals surface area contributed by atoms with Gasteiger partial charge >= 0.3 is 0 Å². The topological polar surface area (TPSA) is 41.3 Å². The zero-order valence-electron chi connectivity index (χ0n) is 12.0. The first-order valence-electron chi connectivity index (χ1n) is 6.75. The zero-order chi connectivity index (χ0) is 13.3. The van der Waals surface area contributed by atoms with Gasteiger partial charge in [0, 0.05) is 38.4 Å². The quantitative estimate of drug-likeness (QED) is 0.870. The largest absolute Gasteiger partial charge is 0.393 e. The molecule has 1 aliphatic heterocycles. The van der Waals surface area contributed by atoms with Crippen LogP contribution in [0.3, 0.4) is 0 Å². The number of likely N-dealkylation sites (tertiary alicyclic amines) is 1. The van der Waals surface area contributed by atoms with Crippen LogP contribution in [0.5, 0.6) is 0 Å². The molecule has 1 atom stereocenters. The van der Waals surface area contributed by atoms with E-state index in [1.807, 2.05) is 11.7 Å². The molecule has 0 amide bonds. The first-order valence-corrected chi connectivity index (χ1v) is 6.75. The van der Waals surface area contributed by atoms with E-state index in [1.54, 1.807) is 0 Å². The molecule has 4 heteroatoms. The van der Waals surface area contributed by atoms with E-state index in [0.29, 0.717) is 0 Å². The molecule has 0 aliphatic carbocycles. The highest BCUT2D eigenvalue weighted by Crippen LogP contribution is 2.29. The lowest BCUT2D eigenvalue weighted by atomic mass is 9.87. The minimum absolute atomic E-state index is 0.153. The van der Waals surface area contributed by atoms with Crippen LogP contribution in [-0.4, -0.2) is 39.0 Å². The van der Waals surface area contributed by atoms with E-state index in [9.17, 15) is 5.11 Å². The van der Waals surface area contributed by atoms with Crippen LogP contribution < -0.4 is 0 Å². The van der Waals surface area contributed by atoms with Gasteiger partial charge in [-0.3, -0.25) is 9.58 Å². The molecule has 1 unspecified atom stereocenters. The summed E-state index contributed by atoms with van der Waals surface area (Å²) < 4.78 is 1.88. The lowest BCUT2D eigenvalue weighted by Gasteiger charge is -2.29. The molecule has 0 saturated carbocycles. The number of aliphatic hydroxyl groups is 1. The van der Waals surface area contributed by atoms with Crippen LogP contribution in [0, 0.1) is 12.3 Å². The molecule has 0 aromatic carbocycles. The van der Waals surface area contributed by atoms with Gasteiger partial charge in [0.05, 0.1) is 11.8 Å². The number of hydrogen-bond donors (Lipinski definition) is 1. The second kappa shape index (κ2) is 5.02. The van der Waals surface area contributed by atoms with Gasteiger partial charge in [0.15, 0.2) is 0 Å². The summed E-state index contributed by atoms with van der Waals surface area (Å²) in [6.07, 6.45) is 3.72. The van der Waals surface area contributed by atoms with Crippen molar-refractivity contribution >= 4 is 0 Å². The molecular formula is C14H25N3O. The van der Waals surface area contributed by atoms with Gasteiger partial charge < -0.3 is 5.11 Å². The van der Waals surface area contributed by atoms with Crippen LogP contribution in [0.4, 0.5) is 0 Å². The molecule has 2 heterocycles. The van der Waals surface area contributed by atoms with Gasteiger partial charge in [0.25, 0.3) is 0 Å². The Morgan fingerprint density at radius 3 is 2.83 bits per heavy atom. The Bertz CT molecular complexity index is 411. The van der Waals surface area contributed by atoms with Crippen molar-refractivity contribution in [1.82, 2.24) is 14.7 Å². The molecule has 1 aliphatic rings. The highest BCUT2D eigenvalue weighted by atomic mass is 16.3. The number of hydrogen-bond acceptors (Lipinski definition) is 3. The fraction of sp³-hybridized carbons (Fsp3) is 0.786. The van der Waals surface area contributed by atoms with Crippen molar-refractivity contribution in [2.75, 3.05) is 13.1 Å². The van der Waals surface area contributed by atoms with Crippen LogP contribution in [0.25, 0.3) is 0 Å². The molecule has 1 N–H and O–H groups in total. The minimum Gasteiger partial charge on any atom is -0.393 e. The van der Waals surface area contributed by atoms with E-state index in [1.165, 1.54) is 5.56 Å². The Hall–Kier alpha value is -0.870. The molecule has 4 nitrogen and oxygen atoms in total. The fourth-order valence-corrected chi connectivity index (χ4v) is 3.00. The van der Waals surface area contributed by atoms with Crippen LogP contribution >= 0.6 is 0 Å². The monoisotopic (exact) mass is 251 g/mol. The summed E-state index contributed by atoms with van der Waals surface area (Å²) in [6, 6.07) is 0. The molecule has 1 fully saturated rings. The van der Waals surface area contributed by atoms with Gasteiger partial charge in [-0.1, -0.05) is 13.8 Å². The van der Waals surface area contributed by atoms with Crippen LogP contribution in [0.2, 0.25) is 0 Å². The molecule has 2 rings (SSSR count). The molecule has 0 spiro atoms. The van der Waals surface area contributed by atoms with Crippen LogP contribution in [-0.2, 0) is 13.6 Å². The van der Waals surface area contributed by atoms with Crippen molar-refractivity contribution < 1.29 is 5.11 Å². The molecule has 18 heavy (non-hydrogen) atoms. The summed E-state index contributed by atoms with van der Waals surface area (Å²) in [4.78, 5) is 2.44. The Kier molecular flexibility index (Phi) is 3.78. The number of aliphatic hydroxyl groups excluding tert-OH is 1. The highest BCUT2D eigenvalue weighted by molar-refractivity contribution is 5.15. The third kappa shape index (κ3) is 3.33. The standard InChI is InChI=1S/C14H25N3O/c1-11-12(8-16(4)15-11)9-17-6-5-13(18)7-14(2,3)10-17/h8,13,18H,5-7,9-10H2,1-4H3. The van der Waals surface area contributed by atoms with Gasteiger partial charge in [0.2, 0.25) is 0 Å². The van der Waals surface area contributed by atoms with Crippen molar-refractivity contribution in [3.05, 3.63) is 17.5 Å². The van der Waals surface area contributed by atoms with Crippen molar-refractivity contribution in [1.29, 1.82) is 0 Å². The number of rotatable bonds is 2. The lowest BCUT2D eigenvalue weighted by Crippen LogP contribution is -2.32. The van der Waals surface area contributed by atoms with E-state index in [4.69, 9.17) is 0 Å². The summed E-state index contributed by atoms with van der Waals surface area (Å²) in [5.74, 6) is 0.